The van der Waals surface area contributed by atoms with E-state index in [1.54, 1.807) is 0 Å². The summed E-state index contributed by atoms with van der Waals surface area (Å²) in [4.78, 5) is 0. The summed E-state index contributed by atoms with van der Waals surface area (Å²) >= 11 is 0. The zero-order valence-electron chi connectivity index (χ0n) is 8.22. The van der Waals surface area contributed by atoms with E-state index in [1.165, 1.54) is 5.57 Å². The van der Waals surface area contributed by atoms with Crippen LogP contribution in [0.1, 0.15) is 40.0 Å². The lowest BCUT2D eigenvalue weighted by Crippen LogP contribution is -1.74. The number of hydrogen-bond donors (Lipinski definition) is 0. The molecule has 0 fully saturated rings. The van der Waals surface area contributed by atoms with E-state index in [0.29, 0.717) is 6.42 Å². The molecule has 0 radical (unpaired) electrons. The van der Waals surface area contributed by atoms with Crippen LogP contribution < -0.4 is 0 Å². The van der Waals surface area contributed by atoms with Crippen molar-refractivity contribution in [3.63, 3.8) is 0 Å². The second-order valence-electron chi connectivity index (χ2n) is 3.03. The van der Waals surface area contributed by atoms with E-state index in [4.69, 9.17) is 5.26 Å². The van der Waals surface area contributed by atoms with Crippen molar-refractivity contribution in [2.45, 2.75) is 40.0 Å². The van der Waals surface area contributed by atoms with Crippen LogP contribution in [0.3, 0.4) is 0 Å². The molecule has 1 heteroatoms. The monoisotopic (exact) mass is 163 g/mol. The first-order chi connectivity index (χ1) is 5.70. The zero-order valence-corrected chi connectivity index (χ0v) is 8.22. The fourth-order valence-electron chi connectivity index (χ4n) is 0.803. The Balaban J connectivity index is 3.82. The van der Waals surface area contributed by atoms with Crippen LogP contribution >= 0.6 is 0 Å². The second kappa shape index (κ2) is 6.67. The van der Waals surface area contributed by atoms with Gasteiger partial charge in [-0.05, 0) is 26.7 Å². The Kier molecular flexibility index (Phi) is 6.09. The largest absolute Gasteiger partial charge is 0.198 e. The Morgan fingerprint density at radius 1 is 1.25 bits per heavy atom. The lowest BCUT2D eigenvalue weighted by atomic mass is 10.1. The van der Waals surface area contributed by atoms with Crippen LogP contribution in [0.15, 0.2) is 23.3 Å². The van der Waals surface area contributed by atoms with Gasteiger partial charge in [-0.25, -0.2) is 0 Å². The second-order valence-corrected chi connectivity index (χ2v) is 3.03. The standard InChI is InChI=1S/C11H17N/c1-4-10(2)6-5-7-11(3)8-9-12/h6-7H,4-5,8H2,1-3H3. The van der Waals surface area contributed by atoms with Gasteiger partial charge in [0.2, 0.25) is 0 Å². The molecule has 1 nitrogen and oxygen atoms in total. The van der Waals surface area contributed by atoms with Crippen molar-refractivity contribution in [2.75, 3.05) is 0 Å². The van der Waals surface area contributed by atoms with Crippen molar-refractivity contribution in [1.82, 2.24) is 0 Å². The molecular weight excluding hydrogens is 146 g/mol. The molecule has 0 aromatic heterocycles. The van der Waals surface area contributed by atoms with Gasteiger partial charge in [-0.2, -0.15) is 5.26 Å². The molecule has 0 saturated heterocycles. The van der Waals surface area contributed by atoms with Crippen LogP contribution in [0.2, 0.25) is 0 Å². The number of rotatable bonds is 4. The molecule has 66 valence electrons. The quantitative estimate of drug-likeness (QED) is 0.581. The van der Waals surface area contributed by atoms with Crippen molar-refractivity contribution in [3.05, 3.63) is 23.3 Å². The molecule has 0 atom stereocenters. The highest BCUT2D eigenvalue weighted by atomic mass is 14.2. The summed E-state index contributed by atoms with van der Waals surface area (Å²) in [6.07, 6.45) is 6.96. The minimum absolute atomic E-state index is 0.555. The van der Waals surface area contributed by atoms with E-state index in [2.05, 4.69) is 32.1 Å². The SMILES string of the molecule is CCC(C)=CCC=C(C)CC#N. The van der Waals surface area contributed by atoms with Crippen LogP contribution in [-0.2, 0) is 0 Å². The van der Waals surface area contributed by atoms with Crippen molar-refractivity contribution >= 4 is 0 Å². The summed E-state index contributed by atoms with van der Waals surface area (Å²) in [5.74, 6) is 0. The van der Waals surface area contributed by atoms with Gasteiger partial charge in [-0.3, -0.25) is 0 Å². The highest BCUT2D eigenvalue weighted by Gasteiger charge is 1.86. The summed E-state index contributed by atoms with van der Waals surface area (Å²) in [7, 11) is 0. The molecule has 0 saturated carbocycles. The number of allylic oxidation sites excluding steroid dienone is 4. The molecule has 0 spiro atoms. The van der Waals surface area contributed by atoms with Crippen molar-refractivity contribution in [3.8, 4) is 6.07 Å². The van der Waals surface area contributed by atoms with Gasteiger partial charge in [0.15, 0.2) is 0 Å². The summed E-state index contributed by atoms with van der Waals surface area (Å²) in [5.41, 5.74) is 2.58. The van der Waals surface area contributed by atoms with Crippen LogP contribution in [0.5, 0.6) is 0 Å². The molecule has 0 amide bonds. The molecular formula is C11H17N. The minimum atomic E-state index is 0.555. The maximum atomic E-state index is 8.39. The Morgan fingerprint density at radius 3 is 2.33 bits per heavy atom. The van der Waals surface area contributed by atoms with Crippen molar-refractivity contribution in [1.29, 1.82) is 5.26 Å². The lowest BCUT2D eigenvalue weighted by molar-refractivity contribution is 1.07. The molecule has 0 N–H and O–H groups in total. The highest BCUT2D eigenvalue weighted by Crippen LogP contribution is 2.04. The normalized spacial score (nSPS) is 12.8. The Hall–Kier alpha value is -1.03. The molecule has 0 aliphatic rings. The van der Waals surface area contributed by atoms with E-state index in [9.17, 15) is 0 Å². The van der Waals surface area contributed by atoms with E-state index >= 15 is 0 Å². The first-order valence-corrected chi connectivity index (χ1v) is 4.39. The van der Waals surface area contributed by atoms with Gasteiger partial charge < -0.3 is 0 Å². The van der Waals surface area contributed by atoms with Crippen LogP contribution in [0.4, 0.5) is 0 Å². The maximum absolute atomic E-state index is 8.39. The van der Waals surface area contributed by atoms with Gasteiger partial charge in [0.05, 0.1) is 12.5 Å². The van der Waals surface area contributed by atoms with Crippen LogP contribution in [-0.4, -0.2) is 0 Å². The molecule has 0 unspecified atom stereocenters. The average molecular weight is 163 g/mol. The zero-order chi connectivity index (χ0) is 9.40. The van der Waals surface area contributed by atoms with E-state index in [-0.39, 0.29) is 0 Å². The Morgan fingerprint density at radius 2 is 1.83 bits per heavy atom. The third-order valence-electron chi connectivity index (χ3n) is 1.85. The lowest BCUT2D eigenvalue weighted by Gasteiger charge is -1.93. The Labute approximate surface area is 75.4 Å². The highest BCUT2D eigenvalue weighted by molar-refractivity contribution is 5.09. The third-order valence-corrected chi connectivity index (χ3v) is 1.85. The molecule has 0 bridgehead atoms. The molecule has 0 rings (SSSR count). The fraction of sp³-hybridized carbons (Fsp3) is 0.545. The van der Waals surface area contributed by atoms with E-state index < -0.39 is 0 Å². The molecule has 0 aliphatic heterocycles. The first kappa shape index (κ1) is 11.0. The van der Waals surface area contributed by atoms with Crippen molar-refractivity contribution in [2.24, 2.45) is 0 Å². The smallest absolute Gasteiger partial charge is 0.0666 e. The minimum Gasteiger partial charge on any atom is -0.198 e. The predicted octanol–water partition coefficient (Wildman–Crippen LogP) is 3.59. The van der Waals surface area contributed by atoms with Crippen LogP contribution in [0, 0.1) is 11.3 Å². The third kappa shape index (κ3) is 5.73. The van der Waals surface area contributed by atoms with Crippen LogP contribution in [0.25, 0.3) is 0 Å². The summed E-state index contributed by atoms with van der Waals surface area (Å²) in [6, 6.07) is 2.13. The molecule has 0 aromatic carbocycles. The molecule has 12 heavy (non-hydrogen) atoms. The van der Waals surface area contributed by atoms with E-state index in [0.717, 1.165) is 18.4 Å². The fourth-order valence-corrected chi connectivity index (χ4v) is 0.803. The summed E-state index contributed by atoms with van der Waals surface area (Å²) in [6.45, 7) is 6.28. The van der Waals surface area contributed by atoms with E-state index in [1.807, 2.05) is 6.92 Å². The first-order valence-electron chi connectivity index (χ1n) is 4.39. The van der Waals surface area contributed by atoms with Gasteiger partial charge in [-0.1, -0.05) is 30.2 Å². The number of hydrogen-bond acceptors (Lipinski definition) is 1. The van der Waals surface area contributed by atoms with Gasteiger partial charge in [0, 0.05) is 0 Å². The summed E-state index contributed by atoms with van der Waals surface area (Å²) < 4.78 is 0. The van der Waals surface area contributed by atoms with Gasteiger partial charge in [-0.15, -0.1) is 0 Å². The maximum Gasteiger partial charge on any atom is 0.0666 e. The molecule has 0 aromatic rings. The predicted molar refractivity (Wildman–Crippen MR) is 52.7 cm³/mol. The molecule has 0 aliphatic carbocycles. The number of nitriles is 1. The summed E-state index contributed by atoms with van der Waals surface area (Å²) in [5, 5.41) is 8.39. The van der Waals surface area contributed by atoms with Gasteiger partial charge >= 0.3 is 0 Å². The average Bonchev–Trinajstić information content (AvgIpc) is 2.04. The topological polar surface area (TPSA) is 23.8 Å². The Bertz CT molecular complexity index is 216. The van der Waals surface area contributed by atoms with Crippen molar-refractivity contribution < 1.29 is 0 Å². The van der Waals surface area contributed by atoms with Gasteiger partial charge in [0.25, 0.3) is 0 Å². The van der Waals surface area contributed by atoms with Gasteiger partial charge in [0.1, 0.15) is 0 Å². The number of nitrogens with zero attached hydrogens (tertiary/aromatic N) is 1. The molecule has 0 heterocycles.